The van der Waals surface area contributed by atoms with Gasteiger partial charge >= 0.3 is 0 Å². The van der Waals surface area contributed by atoms with Crippen molar-refractivity contribution in [1.29, 1.82) is 0 Å². The number of rotatable bonds is 4. The Morgan fingerprint density at radius 2 is 2.05 bits per heavy atom. The zero-order chi connectivity index (χ0) is 14.7. The molecule has 0 unspecified atom stereocenters. The zero-order valence-corrected chi connectivity index (χ0v) is 12.7. The van der Waals surface area contributed by atoms with Crippen LogP contribution in [0.3, 0.4) is 0 Å². The fourth-order valence-corrected chi connectivity index (χ4v) is 2.10. The molecule has 1 N–H and O–H groups in total. The quantitative estimate of drug-likeness (QED) is 0.942. The fourth-order valence-electron chi connectivity index (χ4n) is 1.92. The van der Waals surface area contributed by atoms with Crippen LogP contribution < -0.4 is 10.7 Å². The average Bonchev–Trinajstić information content (AvgIpc) is 2.41. The first-order chi connectivity index (χ1) is 9.52. The summed E-state index contributed by atoms with van der Waals surface area (Å²) in [6.45, 7) is 7.07. The van der Waals surface area contributed by atoms with Gasteiger partial charge in [-0.25, -0.2) is 4.68 Å². The van der Waals surface area contributed by atoms with Crippen LogP contribution in [0.2, 0.25) is 5.02 Å². The highest BCUT2D eigenvalue weighted by Gasteiger charge is 2.08. The van der Waals surface area contributed by atoms with Gasteiger partial charge in [0.15, 0.2) is 0 Å². The number of hydrogen-bond donors (Lipinski definition) is 1. The van der Waals surface area contributed by atoms with Crippen molar-refractivity contribution in [2.24, 2.45) is 0 Å². The molecule has 0 amide bonds. The van der Waals surface area contributed by atoms with E-state index in [0.29, 0.717) is 17.3 Å². The van der Waals surface area contributed by atoms with E-state index < -0.39 is 0 Å². The Balaban J connectivity index is 2.49. The first-order valence-corrected chi connectivity index (χ1v) is 6.98. The van der Waals surface area contributed by atoms with E-state index in [-0.39, 0.29) is 5.43 Å². The van der Waals surface area contributed by atoms with E-state index in [0.717, 1.165) is 23.5 Å². The molecule has 4 nitrogen and oxygen atoms in total. The van der Waals surface area contributed by atoms with Crippen LogP contribution in [0.5, 0.6) is 0 Å². The van der Waals surface area contributed by atoms with Gasteiger partial charge in [0.1, 0.15) is 5.69 Å². The third-order valence-corrected chi connectivity index (χ3v) is 3.53. The summed E-state index contributed by atoms with van der Waals surface area (Å²) in [6, 6.07) is 7.36. The van der Waals surface area contributed by atoms with Crippen LogP contribution >= 0.6 is 11.6 Å². The molecule has 0 aliphatic rings. The maximum atomic E-state index is 11.9. The first kappa shape index (κ1) is 14.8. The molecule has 0 saturated carbocycles. The van der Waals surface area contributed by atoms with Crippen LogP contribution in [0.15, 0.2) is 29.1 Å². The van der Waals surface area contributed by atoms with Crippen molar-refractivity contribution in [2.45, 2.75) is 27.3 Å². The number of halogens is 1. The molecule has 20 heavy (non-hydrogen) atoms. The van der Waals surface area contributed by atoms with Crippen LogP contribution in [0.1, 0.15) is 23.9 Å². The predicted molar refractivity (Wildman–Crippen MR) is 81.7 cm³/mol. The highest BCUT2D eigenvalue weighted by atomic mass is 35.5. The Morgan fingerprint density at radius 1 is 1.30 bits per heavy atom. The second-order valence-electron chi connectivity index (χ2n) is 4.72. The van der Waals surface area contributed by atoms with Crippen LogP contribution in [0.25, 0.3) is 5.69 Å². The molecule has 0 spiro atoms. The molecule has 0 radical (unpaired) electrons. The SMILES string of the molecule is CCNCc1nn(-c2ccc(C)c(Cl)c2)c(C)cc1=O. The van der Waals surface area contributed by atoms with Crippen LogP contribution in [-0.4, -0.2) is 16.3 Å². The summed E-state index contributed by atoms with van der Waals surface area (Å²) < 4.78 is 1.75. The van der Waals surface area contributed by atoms with Gasteiger partial charge in [0.05, 0.1) is 5.69 Å². The maximum Gasteiger partial charge on any atom is 0.204 e. The van der Waals surface area contributed by atoms with E-state index in [9.17, 15) is 4.79 Å². The van der Waals surface area contributed by atoms with Gasteiger partial charge in [0.25, 0.3) is 0 Å². The molecule has 1 aromatic heterocycles. The molecule has 0 aliphatic heterocycles. The van der Waals surface area contributed by atoms with Crippen molar-refractivity contribution >= 4 is 11.6 Å². The van der Waals surface area contributed by atoms with Gasteiger partial charge in [-0.15, -0.1) is 0 Å². The highest BCUT2D eigenvalue weighted by molar-refractivity contribution is 6.31. The third-order valence-electron chi connectivity index (χ3n) is 3.12. The Labute approximate surface area is 123 Å². The van der Waals surface area contributed by atoms with E-state index in [4.69, 9.17) is 11.6 Å². The molecular formula is C15H18ClN3O. The molecule has 5 heteroatoms. The second kappa shape index (κ2) is 6.20. The molecule has 0 aliphatic carbocycles. The molecule has 2 rings (SSSR count). The normalized spacial score (nSPS) is 10.8. The summed E-state index contributed by atoms with van der Waals surface area (Å²) in [5.41, 5.74) is 3.13. The van der Waals surface area contributed by atoms with Gasteiger partial charge in [0.2, 0.25) is 5.43 Å². The number of hydrogen-bond acceptors (Lipinski definition) is 3. The Hall–Kier alpha value is -1.65. The van der Waals surface area contributed by atoms with Gasteiger partial charge in [-0.2, -0.15) is 5.10 Å². The number of benzene rings is 1. The smallest absolute Gasteiger partial charge is 0.204 e. The minimum absolute atomic E-state index is 0.0436. The van der Waals surface area contributed by atoms with Crippen LogP contribution in [0.4, 0.5) is 0 Å². The minimum atomic E-state index is -0.0436. The molecule has 1 heterocycles. The van der Waals surface area contributed by atoms with Gasteiger partial charge < -0.3 is 5.32 Å². The second-order valence-corrected chi connectivity index (χ2v) is 5.13. The van der Waals surface area contributed by atoms with Crippen molar-refractivity contribution in [1.82, 2.24) is 15.1 Å². The predicted octanol–water partition coefficient (Wildman–Crippen LogP) is 2.61. The lowest BCUT2D eigenvalue weighted by Gasteiger charge is -2.12. The van der Waals surface area contributed by atoms with Gasteiger partial charge in [-0.1, -0.05) is 24.6 Å². The summed E-state index contributed by atoms with van der Waals surface area (Å²) >= 11 is 6.16. The molecule has 0 fully saturated rings. The Kier molecular flexibility index (Phi) is 4.57. The Morgan fingerprint density at radius 3 is 2.70 bits per heavy atom. The summed E-state index contributed by atoms with van der Waals surface area (Å²) in [5, 5.41) is 8.25. The maximum absolute atomic E-state index is 11.9. The minimum Gasteiger partial charge on any atom is -0.311 e. The van der Waals surface area contributed by atoms with Crippen LogP contribution in [-0.2, 0) is 6.54 Å². The number of aryl methyl sites for hydroxylation is 2. The molecule has 0 bridgehead atoms. The fraction of sp³-hybridized carbons (Fsp3) is 0.333. The lowest BCUT2D eigenvalue weighted by molar-refractivity contribution is 0.666. The van der Waals surface area contributed by atoms with Gasteiger partial charge in [-0.05, 0) is 38.1 Å². The standard InChI is InChI=1S/C15H18ClN3O/c1-4-17-9-14-15(20)7-11(3)19(18-14)12-6-5-10(2)13(16)8-12/h5-8,17H,4,9H2,1-3H3. The average molecular weight is 292 g/mol. The lowest BCUT2D eigenvalue weighted by atomic mass is 10.2. The molecule has 106 valence electrons. The van der Waals surface area contributed by atoms with E-state index in [1.807, 2.05) is 39.0 Å². The molecule has 1 aromatic carbocycles. The summed E-state index contributed by atoms with van der Waals surface area (Å²) in [5.74, 6) is 0. The van der Waals surface area contributed by atoms with Crippen molar-refractivity contribution in [2.75, 3.05) is 6.54 Å². The number of aromatic nitrogens is 2. The van der Waals surface area contributed by atoms with Gasteiger partial charge in [0, 0.05) is 23.3 Å². The number of nitrogens with zero attached hydrogens (tertiary/aromatic N) is 2. The molecule has 2 aromatic rings. The first-order valence-electron chi connectivity index (χ1n) is 6.60. The largest absolute Gasteiger partial charge is 0.311 e. The van der Waals surface area contributed by atoms with Crippen molar-refractivity contribution in [3.63, 3.8) is 0 Å². The van der Waals surface area contributed by atoms with Crippen molar-refractivity contribution in [3.8, 4) is 5.69 Å². The topological polar surface area (TPSA) is 46.9 Å². The number of nitrogens with one attached hydrogen (secondary N) is 1. The highest BCUT2D eigenvalue weighted by Crippen LogP contribution is 2.19. The molecule has 0 atom stereocenters. The monoisotopic (exact) mass is 291 g/mol. The van der Waals surface area contributed by atoms with Crippen LogP contribution in [0, 0.1) is 13.8 Å². The van der Waals surface area contributed by atoms with E-state index in [1.165, 1.54) is 0 Å². The van der Waals surface area contributed by atoms with Gasteiger partial charge in [-0.3, -0.25) is 4.79 Å². The summed E-state index contributed by atoms with van der Waals surface area (Å²) in [4.78, 5) is 11.9. The molecular weight excluding hydrogens is 274 g/mol. The summed E-state index contributed by atoms with van der Waals surface area (Å²) in [6.07, 6.45) is 0. The third kappa shape index (κ3) is 3.08. The van der Waals surface area contributed by atoms with E-state index >= 15 is 0 Å². The van der Waals surface area contributed by atoms with E-state index in [2.05, 4.69) is 10.4 Å². The van der Waals surface area contributed by atoms with E-state index in [1.54, 1.807) is 10.7 Å². The lowest BCUT2D eigenvalue weighted by Crippen LogP contribution is -2.24. The summed E-state index contributed by atoms with van der Waals surface area (Å²) in [7, 11) is 0. The van der Waals surface area contributed by atoms with Crippen molar-refractivity contribution in [3.05, 3.63) is 56.5 Å². The zero-order valence-electron chi connectivity index (χ0n) is 11.9. The van der Waals surface area contributed by atoms with Crippen molar-refractivity contribution < 1.29 is 0 Å². The Bertz CT molecular complexity index is 679. The molecule has 0 saturated heterocycles.